The third-order valence-electron chi connectivity index (χ3n) is 3.04. The van der Waals surface area contributed by atoms with E-state index in [0.29, 0.717) is 18.7 Å². The molecule has 0 aliphatic heterocycles. The van der Waals surface area contributed by atoms with Gasteiger partial charge in [-0.25, -0.2) is 4.98 Å². The van der Waals surface area contributed by atoms with Crippen LogP contribution < -0.4 is 10.2 Å². The number of halogens is 3. The van der Waals surface area contributed by atoms with Gasteiger partial charge in [-0.2, -0.15) is 13.2 Å². The predicted octanol–water partition coefficient (Wildman–Crippen LogP) is 3.52. The molecule has 0 fully saturated rings. The highest BCUT2D eigenvalue weighted by atomic mass is 32.1. The van der Waals surface area contributed by atoms with Crippen LogP contribution in [0.1, 0.15) is 16.8 Å². The van der Waals surface area contributed by atoms with Crippen LogP contribution in [0, 0.1) is 0 Å². The van der Waals surface area contributed by atoms with Gasteiger partial charge in [-0.15, -0.1) is 11.3 Å². The Hall–Kier alpha value is -1.60. The van der Waals surface area contributed by atoms with Crippen molar-refractivity contribution in [3.05, 3.63) is 45.9 Å². The van der Waals surface area contributed by atoms with E-state index in [-0.39, 0.29) is 5.69 Å². The largest absolute Gasteiger partial charge is 0.418 e. The van der Waals surface area contributed by atoms with Gasteiger partial charge in [0, 0.05) is 24.7 Å². The molecule has 1 heterocycles. The van der Waals surface area contributed by atoms with Crippen LogP contribution in [-0.4, -0.2) is 19.1 Å². The molecule has 1 aromatic heterocycles. The Kier molecular flexibility index (Phi) is 4.84. The SMILES string of the molecule is CNCc1ccc(N(C)Cc2cscn2)c(C(F)(F)F)c1. The van der Waals surface area contributed by atoms with Gasteiger partial charge in [0.25, 0.3) is 0 Å². The molecule has 0 saturated carbocycles. The van der Waals surface area contributed by atoms with Crippen molar-refractivity contribution in [1.29, 1.82) is 0 Å². The van der Waals surface area contributed by atoms with Gasteiger partial charge in [0.2, 0.25) is 0 Å². The molecule has 0 aliphatic carbocycles. The minimum Gasteiger partial charge on any atom is -0.368 e. The van der Waals surface area contributed by atoms with Crippen molar-refractivity contribution >= 4 is 17.0 Å². The number of anilines is 1. The number of benzene rings is 1. The summed E-state index contributed by atoms with van der Waals surface area (Å²) in [4.78, 5) is 5.68. The van der Waals surface area contributed by atoms with Gasteiger partial charge in [0.15, 0.2) is 0 Å². The van der Waals surface area contributed by atoms with Crippen molar-refractivity contribution in [2.75, 3.05) is 19.0 Å². The van der Waals surface area contributed by atoms with E-state index in [4.69, 9.17) is 0 Å². The highest BCUT2D eigenvalue weighted by molar-refractivity contribution is 7.07. The van der Waals surface area contributed by atoms with Crippen LogP contribution >= 0.6 is 11.3 Å². The number of thiazole rings is 1. The average molecular weight is 315 g/mol. The Morgan fingerprint density at radius 2 is 2.10 bits per heavy atom. The maximum Gasteiger partial charge on any atom is 0.418 e. The molecule has 7 heteroatoms. The molecule has 0 saturated heterocycles. The maximum atomic E-state index is 13.2. The lowest BCUT2D eigenvalue weighted by Crippen LogP contribution is -2.21. The highest BCUT2D eigenvalue weighted by Gasteiger charge is 2.34. The Morgan fingerprint density at radius 3 is 2.67 bits per heavy atom. The van der Waals surface area contributed by atoms with E-state index >= 15 is 0 Å². The monoisotopic (exact) mass is 315 g/mol. The fourth-order valence-corrected chi connectivity index (χ4v) is 2.65. The van der Waals surface area contributed by atoms with Crippen molar-refractivity contribution in [2.45, 2.75) is 19.3 Å². The Morgan fingerprint density at radius 1 is 1.33 bits per heavy atom. The van der Waals surface area contributed by atoms with Gasteiger partial charge in [0.05, 0.1) is 23.3 Å². The number of nitrogens with zero attached hydrogens (tertiary/aromatic N) is 2. The van der Waals surface area contributed by atoms with Gasteiger partial charge < -0.3 is 10.2 Å². The van der Waals surface area contributed by atoms with Gasteiger partial charge >= 0.3 is 6.18 Å². The fourth-order valence-electron chi connectivity index (χ4n) is 2.10. The molecule has 0 radical (unpaired) electrons. The van der Waals surface area contributed by atoms with E-state index in [1.165, 1.54) is 23.5 Å². The second-order valence-electron chi connectivity index (χ2n) is 4.72. The Bertz CT molecular complexity index is 582. The molecule has 0 amide bonds. The molecule has 2 aromatic rings. The van der Waals surface area contributed by atoms with Crippen LogP contribution in [-0.2, 0) is 19.3 Å². The standard InChI is InChI=1S/C14H16F3N3S/c1-18-6-10-3-4-13(12(5-10)14(15,16)17)20(2)7-11-8-21-9-19-11/h3-5,8-9,18H,6-7H2,1-2H3. The summed E-state index contributed by atoms with van der Waals surface area (Å²) in [6.45, 7) is 0.747. The summed E-state index contributed by atoms with van der Waals surface area (Å²) in [6, 6.07) is 4.42. The minimum atomic E-state index is -4.38. The van der Waals surface area contributed by atoms with E-state index in [1.54, 1.807) is 30.6 Å². The van der Waals surface area contributed by atoms with Crippen LogP contribution in [0.3, 0.4) is 0 Å². The molecule has 114 valence electrons. The first kappa shape index (κ1) is 15.8. The number of rotatable bonds is 5. The van der Waals surface area contributed by atoms with E-state index in [2.05, 4.69) is 10.3 Å². The lowest BCUT2D eigenvalue weighted by atomic mass is 10.1. The molecule has 1 aromatic carbocycles. The van der Waals surface area contributed by atoms with Crippen molar-refractivity contribution in [3.8, 4) is 0 Å². The molecular formula is C14H16F3N3S. The summed E-state index contributed by atoms with van der Waals surface area (Å²) in [5.41, 5.74) is 2.58. The molecule has 0 spiro atoms. The van der Waals surface area contributed by atoms with Crippen molar-refractivity contribution < 1.29 is 13.2 Å². The average Bonchev–Trinajstić information content (AvgIpc) is 2.91. The first-order chi connectivity index (χ1) is 9.91. The third-order valence-corrected chi connectivity index (χ3v) is 3.68. The first-order valence-corrected chi connectivity index (χ1v) is 7.29. The molecule has 2 rings (SSSR count). The predicted molar refractivity (Wildman–Crippen MR) is 78.4 cm³/mol. The third kappa shape index (κ3) is 3.95. The second kappa shape index (κ2) is 6.44. The fraction of sp³-hybridized carbons (Fsp3) is 0.357. The van der Waals surface area contributed by atoms with Gasteiger partial charge in [-0.05, 0) is 24.7 Å². The number of alkyl halides is 3. The molecule has 0 atom stereocenters. The second-order valence-corrected chi connectivity index (χ2v) is 5.43. The van der Waals surface area contributed by atoms with Gasteiger partial charge in [0.1, 0.15) is 0 Å². The van der Waals surface area contributed by atoms with Crippen LogP contribution in [0.2, 0.25) is 0 Å². The smallest absolute Gasteiger partial charge is 0.368 e. The molecular weight excluding hydrogens is 299 g/mol. The maximum absolute atomic E-state index is 13.2. The number of aromatic nitrogens is 1. The summed E-state index contributed by atoms with van der Waals surface area (Å²) in [5.74, 6) is 0. The molecule has 1 N–H and O–H groups in total. The van der Waals surface area contributed by atoms with Gasteiger partial charge in [-0.3, -0.25) is 0 Å². The zero-order valence-electron chi connectivity index (χ0n) is 11.7. The van der Waals surface area contributed by atoms with Crippen LogP contribution in [0.15, 0.2) is 29.1 Å². The molecule has 0 unspecified atom stereocenters. The van der Waals surface area contributed by atoms with E-state index in [0.717, 1.165) is 5.69 Å². The zero-order chi connectivity index (χ0) is 15.5. The van der Waals surface area contributed by atoms with Crippen LogP contribution in [0.4, 0.5) is 18.9 Å². The van der Waals surface area contributed by atoms with Crippen LogP contribution in [0.5, 0.6) is 0 Å². The van der Waals surface area contributed by atoms with Crippen molar-refractivity contribution in [3.63, 3.8) is 0 Å². The number of nitrogens with one attached hydrogen (secondary N) is 1. The summed E-state index contributed by atoms with van der Waals surface area (Å²) in [6.07, 6.45) is -4.38. The number of hydrogen-bond donors (Lipinski definition) is 1. The summed E-state index contributed by atoms with van der Waals surface area (Å²) in [7, 11) is 3.34. The lowest BCUT2D eigenvalue weighted by Gasteiger charge is -2.23. The van der Waals surface area contributed by atoms with Gasteiger partial charge in [-0.1, -0.05) is 6.07 Å². The summed E-state index contributed by atoms with van der Waals surface area (Å²) >= 11 is 1.43. The topological polar surface area (TPSA) is 28.2 Å². The quantitative estimate of drug-likeness (QED) is 0.915. The summed E-state index contributed by atoms with van der Waals surface area (Å²) < 4.78 is 39.7. The van der Waals surface area contributed by atoms with E-state index in [9.17, 15) is 13.2 Å². The van der Waals surface area contributed by atoms with Crippen LogP contribution in [0.25, 0.3) is 0 Å². The van der Waals surface area contributed by atoms with Crippen molar-refractivity contribution in [2.24, 2.45) is 0 Å². The minimum absolute atomic E-state index is 0.162. The molecule has 21 heavy (non-hydrogen) atoms. The molecule has 0 bridgehead atoms. The summed E-state index contributed by atoms with van der Waals surface area (Å²) in [5, 5.41) is 4.69. The highest BCUT2D eigenvalue weighted by Crippen LogP contribution is 2.37. The Balaban J connectivity index is 2.33. The lowest BCUT2D eigenvalue weighted by molar-refractivity contribution is -0.137. The normalized spacial score (nSPS) is 11.7. The Labute approximate surface area is 125 Å². The molecule has 0 aliphatic rings. The molecule has 3 nitrogen and oxygen atoms in total. The van der Waals surface area contributed by atoms with E-state index < -0.39 is 11.7 Å². The number of hydrogen-bond acceptors (Lipinski definition) is 4. The van der Waals surface area contributed by atoms with Crippen molar-refractivity contribution in [1.82, 2.24) is 10.3 Å². The first-order valence-electron chi connectivity index (χ1n) is 6.34. The van der Waals surface area contributed by atoms with E-state index in [1.807, 2.05) is 5.38 Å². The zero-order valence-corrected chi connectivity index (χ0v) is 12.6.